The third-order valence-electron chi connectivity index (χ3n) is 8.17. The fourth-order valence-corrected chi connectivity index (χ4v) is 5.60. The normalized spacial score (nSPS) is 13.2. The van der Waals surface area contributed by atoms with E-state index in [0.717, 1.165) is 49.1 Å². The van der Waals surface area contributed by atoms with E-state index in [1.165, 1.54) is 88.6 Å². The van der Waals surface area contributed by atoms with Gasteiger partial charge in [0.1, 0.15) is 0 Å². The largest absolute Gasteiger partial charge is 0.493 e. The molecule has 0 aromatic heterocycles. The molecule has 210 valence electrons. The maximum absolute atomic E-state index is 11.7. The van der Waals surface area contributed by atoms with Crippen molar-refractivity contribution in [1.82, 2.24) is 0 Å². The Hall–Kier alpha value is -1.99. The quantitative estimate of drug-likeness (QED) is 0.163. The van der Waals surface area contributed by atoms with Crippen molar-refractivity contribution in [3.63, 3.8) is 0 Å². The van der Waals surface area contributed by atoms with Crippen LogP contribution in [0.25, 0.3) is 16.9 Å². The molecular weight excluding hydrogens is 507 g/mol. The van der Waals surface area contributed by atoms with Gasteiger partial charge < -0.3 is 5.53 Å². The number of benzene rings is 2. The minimum absolute atomic E-state index is 0. The van der Waals surface area contributed by atoms with Gasteiger partial charge in [-0.15, -0.1) is 0 Å². The molecule has 0 spiro atoms. The second kappa shape index (κ2) is 15.6. The summed E-state index contributed by atoms with van der Waals surface area (Å²) in [5.41, 5.74) is 25.7. The number of unbranched alkanes of at least 4 members (excludes halogenated alkanes) is 4. The smallest absolute Gasteiger partial charge is 0.210 e. The first-order valence-electron chi connectivity index (χ1n) is 15.0. The molecule has 0 bridgehead atoms. The van der Waals surface area contributed by atoms with Gasteiger partial charge in [-0.2, -0.15) is 0 Å². The minimum atomic E-state index is 0. The Morgan fingerprint density at radius 2 is 1.11 bits per heavy atom. The zero-order valence-corrected chi connectivity index (χ0v) is 26.1. The molecule has 0 amide bonds. The van der Waals surface area contributed by atoms with Crippen LogP contribution in [0, 0.1) is 20.8 Å². The average molecular weight is 557 g/mol. The standard InChI is InChI=1S/C35H50N2.Ni/c1-8-12-16-28-22-32(23-29(17-13-9-2)33(28)19-15-11-4)35-30(18-14-10-3)24-34(37(35)36)31-20-25(5)27(7)26(6)21-31;/h20-24H,8-19H2,1-7H3;. The zero-order valence-electron chi connectivity index (χ0n) is 25.1. The summed E-state index contributed by atoms with van der Waals surface area (Å²) < 4.78 is 1.50. The van der Waals surface area contributed by atoms with E-state index in [2.05, 4.69) is 78.8 Å². The second-order valence-electron chi connectivity index (χ2n) is 11.1. The Labute approximate surface area is 243 Å². The Kier molecular flexibility index (Phi) is 13.2. The SMILES string of the molecule is CCCCC1=C(c2cc(CCCC)c(CCCC)c(CCCC)c2)[N+](=[N-])C(c2cc(C)c(C)c(C)c2)=C1.[Ni]. The number of nitrogens with zero attached hydrogens (tertiary/aromatic N) is 2. The Morgan fingerprint density at radius 1 is 0.632 bits per heavy atom. The van der Waals surface area contributed by atoms with Crippen LogP contribution < -0.4 is 0 Å². The van der Waals surface area contributed by atoms with Gasteiger partial charge in [0.2, 0.25) is 11.4 Å². The summed E-state index contributed by atoms with van der Waals surface area (Å²) in [4.78, 5) is 0. The molecule has 2 nitrogen and oxygen atoms in total. The second-order valence-corrected chi connectivity index (χ2v) is 11.1. The van der Waals surface area contributed by atoms with Crippen molar-refractivity contribution in [3.8, 4) is 0 Å². The predicted molar refractivity (Wildman–Crippen MR) is 161 cm³/mol. The van der Waals surface area contributed by atoms with Crippen LogP contribution in [0.1, 0.15) is 130 Å². The maximum Gasteiger partial charge on any atom is 0.210 e. The predicted octanol–water partition coefficient (Wildman–Crippen LogP) is 10.6. The van der Waals surface area contributed by atoms with Gasteiger partial charge in [0.15, 0.2) is 0 Å². The van der Waals surface area contributed by atoms with Gasteiger partial charge in [-0.05, 0) is 130 Å². The van der Waals surface area contributed by atoms with E-state index in [0.29, 0.717) is 0 Å². The summed E-state index contributed by atoms with van der Waals surface area (Å²) in [7, 11) is 0. The first-order valence-corrected chi connectivity index (χ1v) is 15.0. The number of rotatable bonds is 14. The molecule has 2 aromatic rings. The van der Waals surface area contributed by atoms with Gasteiger partial charge in [-0.25, -0.2) is 4.70 Å². The Morgan fingerprint density at radius 3 is 1.61 bits per heavy atom. The zero-order chi connectivity index (χ0) is 26.9. The Balaban J connectivity index is 0.00000507. The average Bonchev–Trinajstić information content (AvgIpc) is 3.22. The molecule has 0 saturated heterocycles. The number of hydrogen-bond acceptors (Lipinski definition) is 0. The molecule has 3 rings (SSSR count). The Bertz CT molecular complexity index is 1120. The summed E-state index contributed by atoms with van der Waals surface area (Å²) in [6.45, 7) is 15.6. The number of aryl methyl sites for hydroxylation is 4. The molecule has 1 aliphatic heterocycles. The van der Waals surface area contributed by atoms with Crippen molar-refractivity contribution < 1.29 is 21.2 Å². The van der Waals surface area contributed by atoms with Gasteiger partial charge >= 0.3 is 0 Å². The van der Waals surface area contributed by atoms with Crippen molar-refractivity contribution in [3.05, 3.63) is 86.0 Å². The van der Waals surface area contributed by atoms with E-state index in [4.69, 9.17) is 0 Å². The molecule has 0 atom stereocenters. The summed E-state index contributed by atoms with van der Waals surface area (Å²) in [6, 6.07) is 9.29. The van der Waals surface area contributed by atoms with Crippen LogP contribution in [0.15, 0.2) is 35.9 Å². The maximum atomic E-state index is 11.7. The van der Waals surface area contributed by atoms with E-state index >= 15 is 0 Å². The van der Waals surface area contributed by atoms with Gasteiger partial charge in [0.25, 0.3) is 0 Å². The van der Waals surface area contributed by atoms with Crippen molar-refractivity contribution in [1.29, 1.82) is 0 Å². The fourth-order valence-electron chi connectivity index (χ4n) is 5.60. The summed E-state index contributed by atoms with van der Waals surface area (Å²) in [6.07, 6.45) is 16.2. The van der Waals surface area contributed by atoms with Crippen LogP contribution >= 0.6 is 0 Å². The first kappa shape index (κ1) is 32.2. The molecule has 0 N–H and O–H groups in total. The minimum Gasteiger partial charge on any atom is -0.493 e. The number of allylic oxidation sites excluding steroid dienone is 2. The summed E-state index contributed by atoms with van der Waals surface area (Å²) in [5.74, 6) is 0. The molecular formula is C35H50N2Ni. The monoisotopic (exact) mass is 556 g/mol. The van der Waals surface area contributed by atoms with Crippen LogP contribution in [-0.2, 0) is 35.8 Å². The molecule has 3 heteroatoms. The van der Waals surface area contributed by atoms with Gasteiger partial charge in [0, 0.05) is 39.3 Å². The summed E-state index contributed by atoms with van der Waals surface area (Å²) >= 11 is 0. The summed E-state index contributed by atoms with van der Waals surface area (Å²) in [5, 5.41) is 0. The van der Waals surface area contributed by atoms with Crippen molar-refractivity contribution in [2.75, 3.05) is 0 Å². The van der Waals surface area contributed by atoms with Crippen LogP contribution in [0.3, 0.4) is 0 Å². The van der Waals surface area contributed by atoms with E-state index in [9.17, 15) is 5.53 Å². The molecule has 2 aromatic carbocycles. The van der Waals surface area contributed by atoms with Crippen LogP contribution in [0.2, 0.25) is 0 Å². The van der Waals surface area contributed by atoms with Crippen LogP contribution in [-0.4, -0.2) is 4.70 Å². The van der Waals surface area contributed by atoms with Crippen LogP contribution in [0.5, 0.6) is 0 Å². The van der Waals surface area contributed by atoms with Gasteiger partial charge in [-0.1, -0.05) is 53.4 Å². The van der Waals surface area contributed by atoms with Gasteiger partial charge in [-0.3, -0.25) is 0 Å². The molecule has 0 saturated carbocycles. The molecule has 1 heterocycles. The van der Waals surface area contributed by atoms with Crippen molar-refractivity contribution in [2.24, 2.45) is 0 Å². The molecule has 0 aliphatic carbocycles. The molecule has 0 fully saturated rings. The van der Waals surface area contributed by atoms with Crippen molar-refractivity contribution in [2.45, 2.75) is 126 Å². The third kappa shape index (κ3) is 7.56. The topological polar surface area (TPSA) is 25.3 Å². The van der Waals surface area contributed by atoms with Crippen LogP contribution in [0.4, 0.5) is 0 Å². The van der Waals surface area contributed by atoms with E-state index in [1.807, 2.05) is 0 Å². The third-order valence-corrected chi connectivity index (χ3v) is 8.17. The van der Waals surface area contributed by atoms with E-state index in [1.54, 1.807) is 5.56 Å². The number of hydrogen-bond donors (Lipinski definition) is 0. The van der Waals surface area contributed by atoms with Gasteiger partial charge in [0.05, 0.1) is 0 Å². The molecule has 38 heavy (non-hydrogen) atoms. The fraction of sp³-hybridized carbons (Fsp3) is 0.543. The van der Waals surface area contributed by atoms with Crippen molar-refractivity contribution >= 4 is 11.4 Å². The molecule has 1 aliphatic rings. The molecule has 0 unspecified atom stereocenters. The first-order chi connectivity index (χ1) is 17.9. The molecule has 0 radical (unpaired) electrons. The van der Waals surface area contributed by atoms with E-state index < -0.39 is 0 Å². The van der Waals surface area contributed by atoms with E-state index in [-0.39, 0.29) is 16.5 Å².